The molecule has 0 radical (unpaired) electrons. The number of carboxylic acid groups (broad SMARTS) is 1. The molecule has 0 amide bonds. The van der Waals surface area contributed by atoms with E-state index in [0.29, 0.717) is 11.5 Å². The van der Waals surface area contributed by atoms with Gasteiger partial charge in [0.05, 0.1) is 11.6 Å². The first-order valence-electron chi connectivity index (χ1n) is 6.00. The maximum absolute atomic E-state index is 11.0. The molecule has 0 aliphatic heterocycles. The number of aromatic carboxylic acids is 1. The Morgan fingerprint density at radius 3 is 2.68 bits per heavy atom. The van der Waals surface area contributed by atoms with Crippen molar-refractivity contribution in [2.45, 2.75) is 26.8 Å². The average molecular weight is 276 g/mol. The van der Waals surface area contributed by atoms with Gasteiger partial charge < -0.3 is 10.4 Å². The number of pyridine rings is 1. The molecule has 2 rings (SSSR count). The summed E-state index contributed by atoms with van der Waals surface area (Å²) in [5.74, 6) is -0.343. The van der Waals surface area contributed by atoms with Crippen LogP contribution in [0.4, 0.5) is 5.82 Å². The zero-order chi connectivity index (χ0) is 14.0. The fourth-order valence-corrected chi connectivity index (χ4v) is 2.72. The lowest BCUT2D eigenvalue weighted by atomic mass is 10.2. The van der Waals surface area contributed by atoms with Crippen molar-refractivity contribution in [3.8, 4) is 0 Å². The molecular formula is C14H16N2O2S. The van der Waals surface area contributed by atoms with Gasteiger partial charge in [0.25, 0.3) is 0 Å². The predicted octanol–water partition coefficient (Wildman–Crippen LogP) is 3.63. The molecule has 0 aliphatic carbocycles. The van der Waals surface area contributed by atoms with Crippen LogP contribution in [0.3, 0.4) is 0 Å². The highest BCUT2D eigenvalue weighted by Gasteiger charge is 2.11. The van der Waals surface area contributed by atoms with Crippen LogP contribution < -0.4 is 5.32 Å². The summed E-state index contributed by atoms with van der Waals surface area (Å²) in [5, 5.41) is 12.3. The van der Waals surface area contributed by atoms with Gasteiger partial charge >= 0.3 is 5.97 Å². The summed E-state index contributed by atoms with van der Waals surface area (Å²) in [6, 6.07) is 7.38. The first-order valence-corrected chi connectivity index (χ1v) is 6.82. The van der Waals surface area contributed by atoms with Crippen LogP contribution >= 0.6 is 11.3 Å². The number of thiophene rings is 1. The molecule has 0 spiro atoms. The smallest absolute Gasteiger partial charge is 0.335 e. The predicted molar refractivity (Wildman–Crippen MR) is 77.0 cm³/mol. The number of nitrogens with one attached hydrogen (secondary N) is 1. The van der Waals surface area contributed by atoms with Crippen molar-refractivity contribution >= 4 is 23.1 Å². The summed E-state index contributed by atoms with van der Waals surface area (Å²) < 4.78 is 0. The van der Waals surface area contributed by atoms with Gasteiger partial charge in [0.2, 0.25) is 0 Å². The molecule has 100 valence electrons. The number of carboxylic acids is 1. The fraction of sp³-hybridized carbons (Fsp3) is 0.286. The minimum absolute atomic E-state index is 0.106. The van der Waals surface area contributed by atoms with E-state index in [-0.39, 0.29) is 11.6 Å². The van der Waals surface area contributed by atoms with Gasteiger partial charge in [0, 0.05) is 15.4 Å². The Balaban J connectivity index is 2.21. The molecule has 4 nitrogen and oxygen atoms in total. The Labute approximate surface area is 116 Å². The fourth-order valence-electron chi connectivity index (χ4n) is 1.85. The molecule has 2 aromatic rings. The van der Waals surface area contributed by atoms with E-state index in [9.17, 15) is 4.79 Å². The SMILES string of the molecule is Cc1cc(C(=O)O)cc(NC(C)c2ccc(C)s2)n1. The van der Waals surface area contributed by atoms with Crippen LogP contribution in [0.25, 0.3) is 0 Å². The van der Waals surface area contributed by atoms with Gasteiger partial charge in [0.1, 0.15) is 5.82 Å². The molecule has 5 heteroatoms. The second-order valence-corrected chi connectivity index (χ2v) is 5.82. The van der Waals surface area contributed by atoms with Gasteiger partial charge in [-0.05, 0) is 45.0 Å². The van der Waals surface area contributed by atoms with Crippen LogP contribution in [0, 0.1) is 13.8 Å². The molecule has 0 fully saturated rings. The lowest BCUT2D eigenvalue weighted by Crippen LogP contribution is -2.08. The largest absolute Gasteiger partial charge is 0.478 e. The molecular weight excluding hydrogens is 260 g/mol. The van der Waals surface area contributed by atoms with E-state index < -0.39 is 5.97 Å². The molecule has 0 aliphatic rings. The van der Waals surface area contributed by atoms with Crippen LogP contribution in [0.5, 0.6) is 0 Å². The molecule has 2 heterocycles. The van der Waals surface area contributed by atoms with Crippen molar-refractivity contribution in [2.75, 3.05) is 5.32 Å². The molecule has 19 heavy (non-hydrogen) atoms. The molecule has 0 aromatic carbocycles. The van der Waals surface area contributed by atoms with Crippen LogP contribution in [0.1, 0.15) is 38.8 Å². The van der Waals surface area contributed by atoms with E-state index in [0.717, 1.165) is 0 Å². The first-order chi connectivity index (χ1) is 8.95. The standard InChI is InChI=1S/C14H16N2O2S/c1-8-6-11(14(17)18)7-13(15-8)16-10(3)12-5-4-9(2)19-12/h4-7,10H,1-3H3,(H,15,16)(H,17,18). The summed E-state index contributed by atoms with van der Waals surface area (Å²) in [5.41, 5.74) is 0.946. The average Bonchev–Trinajstić information content (AvgIpc) is 2.75. The topological polar surface area (TPSA) is 62.2 Å². The van der Waals surface area contributed by atoms with Crippen molar-refractivity contribution in [2.24, 2.45) is 0 Å². The zero-order valence-electron chi connectivity index (χ0n) is 11.1. The van der Waals surface area contributed by atoms with Gasteiger partial charge in [-0.1, -0.05) is 0 Å². The Bertz CT molecular complexity index is 607. The Morgan fingerprint density at radius 2 is 2.11 bits per heavy atom. The molecule has 0 saturated heterocycles. The number of rotatable bonds is 4. The number of aromatic nitrogens is 1. The molecule has 1 unspecified atom stereocenters. The normalized spacial score (nSPS) is 12.2. The van der Waals surface area contributed by atoms with Crippen LogP contribution in [0.15, 0.2) is 24.3 Å². The van der Waals surface area contributed by atoms with Crippen molar-refractivity contribution in [1.29, 1.82) is 0 Å². The van der Waals surface area contributed by atoms with E-state index >= 15 is 0 Å². The summed E-state index contributed by atoms with van der Waals surface area (Å²) in [4.78, 5) is 17.8. The summed E-state index contributed by atoms with van der Waals surface area (Å²) in [6.07, 6.45) is 0. The number of carbonyl (C=O) groups is 1. The summed E-state index contributed by atoms with van der Waals surface area (Å²) in [7, 11) is 0. The van der Waals surface area contributed by atoms with E-state index in [1.54, 1.807) is 30.4 Å². The van der Waals surface area contributed by atoms with Gasteiger partial charge in [-0.15, -0.1) is 11.3 Å². The van der Waals surface area contributed by atoms with Crippen molar-refractivity contribution in [3.05, 3.63) is 45.3 Å². The Morgan fingerprint density at radius 1 is 1.37 bits per heavy atom. The first kappa shape index (κ1) is 13.5. The van der Waals surface area contributed by atoms with Gasteiger partial charge in [-0.25, -0.2) is 9.78 Å². The van der Waals surface area contributed by atoms with Crippen LogP contribution in [-0.2, 0) is 0 Å². The minimum Gasteiger partial charge on any atom is -0.478 e. The quantitative estimate of drug-likeness (QED) is 0.895. The third kappa shape index (κ3) is 3.32. The van der Waals surface area contributed by atoms with Crippen molar-refractivity contribution < 1.29 is 9.90 Å². The maximum atomic E-state index is 11.0. The minimum atomic E-state index is -0.937. The van der Waals surface area contributed by atoms with Crippen molar-refractivity contribution in [3.63, 3.8) is 0 Å². The van der Waals surface area contributed by atoms with Crippen LogP contribution in [0.2, 0.25) is 0 Å². The highest BCUT2D eigenvalue weighted by molar-refractivity contribution is 7.12. The third-order valence-corrected chi connectivity index (χ3v) is 3.94. The van der Waals surface area contributed by atoms with Gasteiger partial charge in [-0.2, -0.15) is 0 Å². The third-order valence-electron chi connectivity index (χ3n) is 2.75. The zero-order valence-corrected chi connectivity index (χ0v) is 11.9. The molecule has 1 atom stereocenters. The molecule has 2 aromatic heterocycles. The Kier molecular flexibility index (Phi) is 3.85. The van der Waals surface area contributed by atoms with Crippen molar-refractivity contribution in [1.82, 2.24) is 4.98 Å². The van der Waals surface area contributed by atoms with Gasteiger partial charge in [-0.3, -0.25) is 0 Å². The van der Waals surface area contributed by atoms with E-state index in [2.05, 4.69) is 29.4 Å². The number of hydrogen-bond donors (Lipinski definition) is 2. The number of nitrogens with zero attached hydrogens (tertiary/aromatic N) is 1. The highest BCUT2D eigenvalue weighted by Crippen LogP contribution is 2.25. The Hall–Kier alpha value is -1.88. The van der Waals surface area contributed by atoms with Gasteiger partial charge in [0.15, 0.2) is 0 Å². The maximum Gasteiger partial charge on any atom is 0.335 e. The lowest BCUT2D eigenvalue weighted by molar-refractivity contribution is 0.0696. The van der Waals surface area contributed by atoms with E-state index in [4.69, 9.17) is 5.11 Å². The lowest BCUT2D eigenvalue weighted by Gasteiger charge is -2.13. The van der Waals surface area contributed by atoms with Crippen LogP contribution in [-0.4, -0.2) is 16.1 Å². The number of aryl methyl sites for hydroxylation is 2. The molecule has 0 saturated carbocycles. The highest BCUT2D eigenvalue weighted by atomic mass is 32.1. The number of hydrogen-bond acceptors (Lipinski definition) is 4. The van der Waals surface area contributed by atoms with E-state index in [1.807, 2.05) is 6.92 Å². The van der Waals surface area contributed by atoms with E-state index in [1.165, 1.54) is 9.75 Å². The summed E-state index contributed by atoms with van der Waals surface area (Å²) in [6.45, 7) is 5.89. The second kappa shape index (κ2) is 5.40. The summed E-state index contributed by atoms with van der Waals surface area (Å²) >= 11 is 1.72. The second-order valence-electron chi connectivity index (χ2n) is 4.50. The molecule has 0 bridgehead atoms. The monoisotopic (exact) mass is 276 g/mol. The number of anilines is 1. The molecule has 2 N–H and O–H groups in total.